The van der Waals surface area contributed by atoms with Crippen molar-refractivity contribution in [2.45, 2.75) is 20.8 Å². The van der Waals surface area contributed by atoms with Crippen LogP contribution in [0.25, 0.3) is 5.69 Å². The fraction of sp³-hybridized carbons (Fsp3) is 0.273. The zero-order valence-electron chi connectivity index (χ0n) is 9.43. The summed E-state index contributed by atoms with van der Waals surface area (Å²) in [6.45, 7) is 5.20. The van der Waals surface area contributed by atoms with Crippen molar-refractivity contribution < 1.29 is 4.79 Å². The summed E-state index contributed by atoms with van der Waals surface area (Å²) in [5.74, 6) is 1.47. The van der Waals surface area contributed by atoms with E-state index >= 15 is 0 Å². The van der Waals surface area contributed by atoms with Gasteiger partial charge in [0.15, 0.2) is 5.78 Å². The van der Waals surface area contributed by atoms with Crippen LogP contribution in [0.1, 0.15) is 28.9 Å². The zero-order valence-corrected chi connectivity index (χ0v) is 9.43. The third-order valence-corrected chi connectivity index (χ3v) is 2.25. The second kappa shape index (κ2) is 3.84. The number of hydrogen-bond acceptors (Lipinski definition) is 4. The van der Waals surface area contributed by atoms with Gasteiger partial charge in [0.05, 0.1) is 11.9 Å². The van der Waals surface area contributed by atoms with Crippen molar-refractivity contribution in [2.24, 2.45) is 0 Å². The van der Waals surface area contributed by atoms with E-state index in [9.17, 15) is 4.79 Å². The Labute approximate surface area is 93.2 Å². The fourth-order valence-electron chi connectivity index (χ4n) is 1.50. The summed E-state index contributed by atoms with van der Waals surface area (Å²) < 4.78 is 1.68. The number of carbonyl (C=O) groups is 1. The lowest BCUT2D eigenvalue weighted by atomic mass is 10.2. The highest BCUT2D eigenvalue weighted by atomic mass is 16.1. The molecule has 0 fully saturated rings. The molecule has 0 spiro atoms. The molecule has 2 rings (SSSR count). The quantitative estimate of drug-likeness (QED) is 0.713. The molecule has 2 aromatic heterocycles. The molecule has 0 aliphatic rings. The van der Waals surface area contributed by atoms with E-state index in [1.54, 1.807) is 23.1 Å². The van der Waals surface area contributed by atoms with Gasteiger partial charge >= 0.3 is 0 Å². The predicted molar refractivity (Wildman–Crippen MR) is 58.6 cm³/mol. The van der Waals surface area contributed by atoms with Crippen molar-refractivity contribution >= 4 is 5.78 Å². The van der Waals surface area contributed by atoms with E-state index < -0.39 is 0 Å². The lowest BCUT2D eigenvalue weighted by Gasteiger charge is -2.03. The number of rotatable bonds is 2. The number of nitrogens with zero attached hydrogens (tertiary/aromatic N) is 4. The molecule has 0 radical (unpaired) electrons. The van der Waals surface area contributed by atoms with Crippen LogP contribution in [0, 0.1) is 13.8 Å². The molecule has 0 bridgehead atoms. The highest BCUT2D eigenvalue weighted by molar-refractivity contribution is 5.94. The van der Waals surface area contributed by atoms with Crippen LogP contribution in [0.4, 0.5) is 0 Å². The van der Waals surface area contributed by atoms with Gasteiger partial charge in [-0.05, 0) is 26.8 Å². The lowest BCUT2D eigenvalue weighted by molar-refractivity contribution is 0.101. The van der Waals surface area contributed by atoms with Crippen molar-refractivity contribution in [3.63, 3.8) is 0 Å². The first-order chi connectivity index (χ1) is 7.58. The topological polar surface area (TPSA) is 60.7 Å². The van der Waals surface area contributed by atoms with Crippen LogP contribution in [-0.2, 0) is 0 Å². The minimum Gasteiger partial charge on any atom is -0.294 e. The summed E-state index contributed by atoms with van der Waals surface area (Å²) in [5.41, 5.74) is 1.33. The third kappa shape index (κ3) is 1.84. The Morgan fingerprint density at radius 2 is 2.06 bits per heavy atom. The largest absolute Gasteiger partial charge is 0.294 e. The van der Waals surface area contributed by atoms with Crippen LogP contribution in [0.15, 0.2) is 18.5 Å². The van der Waals surface area contributed by atoms with Crippen LogP contribution in [0.2, 0.25) is 0 Å². The maximum atomic E-state index is 11.2. The van der Waals surface area contributed by atoms with Crippen molar-refractivity contribution in [1.82, 2.24) is 19.7 Å². The smallest absolute Gasteiger partial charge is 0.161 e. The molecule has 0 N–H and O–H groups in total. The number of aromatic nitrogens is 4. The summed E-state index contributed by atoms with van der Waals surface area (Å²) in [6, 6.07) is 1.76. The SMILES string of the molecule is CC(=O)c1cncc(-n2nc(C)nc2C)c1. The van der Waals surface area contributed by atoms with Gasteiger partial charge in [-0.15, -0.1) is 0 Å². The molecule has 5 nitrogen and oxygen atoms in total. The zero-order chi connectivity index (χ0) is 11.7. The Balaban J connectivity index is 2.52. The van der Waals surface area contributed by atoms with Crippen LogP contribution in [-0.4, -0.2) is 25.5 Å². The molecule has 0 saturated heterocycles. The second-order valence-corrected chi connectivity index (χ2v) is 3.61. The van der Waals surface area contributed by atoms with E-state index in [1.807, 2.05) is 13.8 Å². The number of ketones is 1. The highest BCUT2D eigenvalue weighted by Gasteiger charge is 2.07. The summed E-state index contributed by atoms with van der Waals surface area (Å²) in [4.78, 5) is 19.5. The molecule has 0 atom stereocenters. The molecule has 16 heavy (non-hydrogen) atoms. The van der Waals surface area contributed by atoms with Crippen LogP contribution in [0.3, 0.4) is 0 Å². The molecule has 0 saturated carbocycles. The summed E-state index contributed by atoms with van der Waals surface area (Å²) in [5, 5.41) is 4.24. The molecular formula is C11H12N4O. The van der Waals surface area contributed by atoms with Gasteiger partial charge in [0.1, 0.15) is 11.6 Å². The van der Waals surface area contributed by atoms with Gasteiger partial charge < -0.3 is 0 Å². The van der Waals surface area contributed by atoms with Gasteiger partial charge in [-0.2, -0.15) is 5.10 Å². The molecule has 82 valence electrons. The van der Waals surface area contributed by atoms with Gasteiger partial charge in [-0.1, -0.05) is 0 Å². The van der Waals surface area contributed by atoms with Crippen LogP contribution >= 0.6 is 0 Å². The van der Waals surface area contributed by atoms with Gasteiger partial charge in [-0.3, -0.25) is 9.78 Å². The third-order valence-electron chi connectivity index (χ3n) is 2.25. The minimum atomic E-state index is -0.0103. The average Bonchev–Trinajstić information content (AvgIpc) is 2.58. The Morgan fingerprint density at radius 1 is 1.31 bits per heavy atom. The molecule has 0 aliphatic carbocycles. The van der Waals surface area contributed by atoms with E-state index in [0.717, 1.165) is 11.5 Å². The van der Waals surface area contributed by atoms with Gasteiger partial charge in [0, 0.05) is 11.8 Å². The number of pyridine rings is 1. The normalized spacial score (nSPS) is 10.4. The van der Waals surface area contributed by atoms with Crippen LogP contribution in [0.5, 0.6) is 0 Å². The molecule has 5 heteroatoms. The Bertz CT molecular complexity index is 545. The Hall–Kier alpha value is -2.04. The number of hydrogen-bond donors (Lipinski definition) is 0. The highest BCUT2D eigenvalue weighted by Crippen LogP contribution is 2.10. The first-order valence-corrected chi connectivity index (χ1v) is 4.94. The predicted octanol–water partition coefficient (Wildman–Crippen LogP) is 1.48. The van der Waals surface area contributed by atoms with E-state index in [-0.39, 0.29) is 5.78 Å². The molecule has 0 unspecified atom stereocenters. The van der Waals surface area contributed by atoms with Crippen LogP contribution < -0.4 is 0 Å². The van der Waals surface area contributed by atoms with E-state index in [0.29, 0.717) is 11.4 Å². The van der Waals surface area contributed by atoms with E-state index in [4.69, 9.17) is 0 Å². The number of Topliss-reactive ketones (excluding diaryl/α,β-unsaturated/α-hetero) is 1. The monoisotopic (exact) mass is 216 g/mol. The average molecular weight is 216 g/mol. The van der Waals surface area contributed by atoms with Crippen molar-refractivity contribution in [3.8, 4) is 5.69 Å². The van der Waals surface area contributed by atoms with E-state index in [2.05, 4.69) is 15.1 Å². The minimum absolute atomic E-state index is 0.0103. The molecule has 0 aromatic carbocycles. The maximum absolute atomic E-state index is 11.2. The Kier molecular flexibility index (Phi) is 2.52. The summed E-state index contributed by atoms with van der Waals surface area (Å²) in [7, 11) is 0. The molecule has 2 heterocycles. The number of aryl methyl sites for hydroxylation is 2. The van der Waals surface area contributed by atoms with Crippen molar-refractivity contribution in [3.05, 3.63) is 35.7 Å². The van der Waals surface area contributed by atoms with Crippen molar-refractivity contribution in [1.29, 1.82) is 0 Å². The molecule has 0 aliphatic heterocycles. The maximum Gasteiger partial charge on any atom is 0.161 e. The first kappa shape index (κ1) is 10.5. The van der Waals surface area contributed by atoms with E-state index in [1.165, 1.54) is 6.92 Å². The summed E-state index contributed by atoms with van der Waals surface area (Å²) in [6.07, 6.45) is 3.21. The summed E-state index contributed by atoms with van der Waals surface area (Å²) >= 11 is 0. The van der Waals surface area contributed by atoms with Gasteiger partial charge in [0.25, 0.3) is 0 Å². The standard InChI is InChI=1S/C11H12N4O/c1-7(16)10-4-11(6-12-5-10)15-9(3)13-8(2)14-15/h4-6H,1-3H3. The fourth-order valence-corrected chi connectivity index (χ4v) is 1.50. The second-order valence-electron chi connectivity index (χ2n) is 3.61. The lowest BCUT2D eigenvalue weighted by Crippen LogP contribution is -2.02. The number of carbonyl (C=O) groups excluding carboxylic acids is 1. The molecule has 2 aromatic rings. The Morgan fingerprint density at radius 3 is 2.62 bits per heavy atom. The first-order valence-electron chi connectivity index (χ1n) is 4.94. The molecular weight excluding hydrogens is 204 g/mol. The van der Waals surface area contributed by atoms with Gasteiger partial charge in [-0.25, -0.2) is 9.67 Å². The molecule has 0 amide bonds. The van der Waals surface area contributed by atoms with Crippen molar-refractivity contribution in [2.75, 3.05) is 0 Å². The van der Waals surface area contributed by atoms with Gasteiger partial charge in [0.2, 0.25) is 0 Å².